The summed E-state index contributed by atoms with van der Waals surface area (Å²) in [6.07, 6.45) is 5.70. The van der Waals surface area contributed by atoms with Gasteiger partial charge >= 0.3 is 0 Å². The Balaban J connectivity index is 2.33. The molecule has 1 saturated carbocycles. The number of hydrogen-bond donors (Lipinski definition) is 1. The lowest BCUT2D eigenvalue weighted by molar-refractivity contribution is -0.158. The molecule has 1 heterocycles. The van der Waals surface area contributed by atoms with Gasteiger partial charge in [-0.05, 0) is 31.9 Å². The standard InChI is InChI=1S/C15H26N2O2S/c1-10(2)12-13(18)16-15(7-5-6-8-15)14(19)17(12)11(3)9-20-4/h10-12H,5-9H2,1-4H3,(H,16,18). The van der Waals surface area contributed by atoms with Gasteiger partial charge in [-0.2, -0.15) is 11.8 Å². The highest BCUT2D eigenvalue weighted by Crippen LogP contribution is 2.36. The van der Waals surface area contributed by atoms with Crippen LogP contribution in [0.1, 0.15) is 46.5 Å². The molecule has 5 heteroatoms. The van der Waals surface area contributed by atoms with Crippen molar-refractivity contribution >= 4 is 23.6 Å². The van der Waals surface area contributed by atoms with Crippen molar-refractivity contribution in [3.8, 4) is 0 Å². The van der Waals surface area contributed by atoms with Gasteiger partial charge in [-0.3, -0.25) is 9.59 Å². The lowest BCUT2D eigenvalue weighted by atomic mass is 9.86. The van der Waals surface area contributed by atoms with E-state index in [0.29, 0.717) is 0 Å². The zero-order valence-electron chi connectivity index (χ0n) is 12.9. The van der Waals surface area contributed by atoms with Gasteiger partial charge in [-0.1, -0.05) is 26.7 Å². The van der Waals surface area contributed by atoms with E-state index in [1.54, 1.807) is 11.8 Å². The third-order valence-corrected chi connectivity index (χ3v) is 5.36. The second-order valence-corrected chi connectivity index (χ2v) is 7.39. The maximum atomic E-state index is 13.0. The van der Waals surface area contributed by atoms with Crippen molar-refractivity contribution in [2.45, 2.75) is 64.1 Å². The van der Waals surface area contributed by atoms with Crippen LogP contribution in [0, 0.1) is 5.92 Å². The average molecular weight is 298 g/mol. The second kappa shape index (κ2) is 5.96. The molecule has 1 spiro atoms. The smallest absolute Gasteiger partial charge is 0.249 e. The third kappa shape index (κ3) is 2.57. The maximum absolute atomic E-state index is 13.0. The van der Waals surface area contributed by atoms with E-state index in [9.17, 15) is 9.59 Å². The summed E-state index contributed by atoms with van der Waals surface area (Å²) in [5.41, 5.74) is -0.602. The fourth-order valence-corrected chi connectivity index (χ4v) is 4.24. The minimum Gasteiger partial charge on any atom is -0.340 e. The van der Waals surface area contributed by atoms with Crippen molar-refractivity contribution in [2.24, 2.45) is 5.92 Å². The van der Waals surface area contributed by atoms with Crippen LogP contribution in [0.2, 0.25) is 0 Å². The van der Waals surface area contributed by atoms with Gasteiger partial charge in [0.25, 0.3) is 0 Å². The maximum Gasteiger partial charge on any atom is 0.249 e. The predicted molar refractivity (Wildman–Crippen MR) is 82.7 cm³/mol. The first-order valence-corrected chi connectivity index (χ1v) is 8.96. The average Bonchev–Trinajstić information content (AvgIpc) is 2.82. The van der Waals surface area contributed by atoms with Gasteiger partial charge in [0, 0.05) is 11.8 Å². The molecular formula is C15H26N2O2S. The minimum atomic E-state index is -0.602. The first kappa shape index (κ1) is 15.7. The minimum absolute atomic E-state index is 0.0365. The molecule has 114 valence electrons. The Morgan fingerprint density at radius 3 is 2.40 bits per heavy atom. The monoisotopic (exact) mass is 298 g/mol. The topological polar surface area (TPSA) is 49.4 Å². The molecule has 1 aliphatic heterocycles. The van der Waals surface area contributed by atoms with Gasteiger partial charge < -0.3 is 10.2 Å². The lowest BCUT2D eigenvalue weighted by Gasteiger charge is -2.48. The molecule has 2 amide bonds. The summed E-state index contributed by atoms with van der Waals surface area (Å²) in [6, 6.07) is -0.218. The van der Waals surface area contributed by atoms with Crippen molar-refractivity contribution in [3.63, 3.8) is 0 Å². The SMILES string of the molecule is CSCC(C)N1C(=O)C2(CCCC2)NC(=O)C1C(C)C. The summed E-state index contributed by atoms with van der Waals surface area (Å²) in [4.78, 5) is 27.5. The van der Waals surface area contributed by atoms with E-state index in [4.69, 9.17) is 0 Å². The van der Waals surface area contributed by atoms with Crippen molar-refractivity contribution in [2.75, 3.05) is 12.0 Å². The van der Waals surface area contributed by atoms with Crippen LogP contribution in [-0.2, 0) is 9.59 Å². The zero-order chi connectivity index (χ0) is 14.9. The lowest BCUT2D eigenvalue weighted by Crippen LogP contribution is -2.72. The van der Waals surface area contributed by atoms with Crippen LogP contribution in [0.15, 0.2) is 0 Å². The van der Waals surface area contributed by atoms with Crippen LogP contribution < -0.4 is 5.32 Å². The number of rotatable bonds is 4. The Bertz CT molecular complexity index is 391. The molecule has 2 fully saturated rings. The summed E-state index contributed by atoms with van der Waals surface area (Å²) >= 11 is 1.73. The van der Waals surface area contributed by atoms with E-state index in [0.717, 1.165) is 31.4 Å². The van der Waals surface area contributed by atoms with Crippen LogP contribution in [0.5, 0.6) is 0 Å². The Kier molecular flexibility index (Phi) is 4.67. The number of carbonyl (C=O) groups excluding carboxylic acids is 2. The van der Waals surface area contributed by atoms with E-state index in [-0.39, 0.29) is 29.8 Å². The number of amides is 2. The normalized spacial score (nSPS) is 27.2. The number of carbonyl (C=O) groups is 2. The summed E-state index contributed by atoms with van der Waals surface area (Å²) < 4.78 is 0. The van der Waals surface area contributed by atoms with Gasteiger partial charge in [0.05, 0.1) is 0 Å². The Hall–Kier alpha value is -0.710. The van der Waals surface area contributed by atoms with Gasteiger partial charge in [-0.25, -0.2) is 0 Å². The molecule has 4 nitrogen and oxygen atoms in total. The van der Waals surface area contributed by atoms with E-state index in [2.05, 4.69) is 12.2 Å². The summed E-state index contributed by atoms with van der Waals surface area (Å²) in [5.74, 6) is 1.20. The van der Waals surface area contributed by atoms with Crippen molar-refractivity contribution < 1.29 is 9.59 Å². The highest BCUT2D eigenvalue weighted by atomic mass is 32.2. The highest BCUT2D eigenvalue weighted by molar-refractivity contribution is 7.98. The van der Waals surface area contributed by atoms with Crippen LogP contribution in [0.4, 0.5) is 0 Å². The summed E-state index contributed by atoms with van der Waals surface area (Å²) in [7, 11) is 0. The molecule has 2 rings (SSSR count). The fraction of sp³-hybridized carbons (Fsp3) is 0.867. The quantitative estimate of drug-likeness (QED) is 0.864. The van der Waals surface area contributed by atoms with Crippen molar-refractivity contribution in [1.29, 1.82) is 0 Å². The van der Waals surface area contributed by atoms with Crippen molar-refractivity contribution in [3.05, 3.63) is 0 Å². The van der Waals surface area contributed by atoms with Crippen molar-refractivity contribution in [1.82, 2.24) is 10.2 Å². The molecule has 0 aromatic carbocycles. The molecule has 0 aromatic heterocycles. The van der Waals surface area contributed by atoms with Gasteiger partial charge in [0.2, 0.25) is 11.8 Å². The van der Waals surface area contributed by atoms with Gasteiger partial charge in [0.1, 0.15) is 11.6 Å². The summed E-state index contributed by atoms with van der Waals surface area (Å²) in [5, 5.41) is 3.06. The number of thioether (sulfide) groups is 1. The summed E-state index contributed by atoms with van der Waals surface area (Å²) in [6.45, 7) is 6.09. The molecule has 1 saturated heterocycles. The van der Waals surface area contributed by atoms with E-state index in [1.165, 1.54) is 0 Å². The molecule has 2 unspecified atom stereocenters. The number of piperazine rings is 1. The molecule has 1 N–H and O–H groups in total. The highest BCUT2D eigenvalue weighted by Gasteiger charge is 2.53. The fourth-order valence-electron chi connectivity index (χ4n) is 3.60. The van der Waals surface area contributed by atoms with E-state index >= 15 is 0 Å². The molecule has 20 heavy (non-hydrogen) atoms. The number of hydrogen-bond acceptors (Lipinski definition) is 3. The molecule has 0 bridgehead atoms. The Morgan fingerprint density at radius 1 is 1.30 bits per heavy atom. The molecule has 0 aromatic rings. The van der Waals surface area contributed by atoms with Crippen LogP contribution in [0.3, 0.4) is 0 Å². The number of nitrogens with zero attached hydrogens (tertiary/aromatic N) is 1. The van der Waals surface area contributed by atoms with Crippen LogP contribution in [-0.4, -0.2) is 46.3 Å². The van der Waals surface area contributed by atoms with Gasteiger partial charge in [-0.15, -0.1) is 0 Å². The Labute approximate surface area is 126 Å². The third-order valence-electron chi connectivity index (χ3n) is 4.55. The second-order valence-electron chi connectivity index (χ2n) is 6.48. The first-order valence-electron chi connectivity index (χ1n) is 7.56. The van der Waals surface area contributed by atoms with Gasteiger partial charge in [0.15, 0.2) is 0 Å². The molecular weight excluding hydrogens is 272 g/mol. The molecule has 2 atom stereocenters. The molecule has 0 radical (unpaired) electrons. The first-order chi connectivity index (χ1) is 9.43. The molecule has 2 aliphatic rings. The van der Waals surface area contributed by atoms with Crippen LogP contribution >= 0.6 is 11.8 Å². The van der Waals surface area contributed by atoms with E-state index in [1.807, 2.05) is 25.0 Å². The van der Waals surface area contributed by atoms with Crippen LogP contribution in [0.25, 0.3) is 0 Å². The van der Waals surface area contributed by atoms with E-state index < -0.39 is 5.54 Å². The predicted octanol–water partition coefficient (Wildman–Crippen LogP) is 2.03. The zero-order valence-corrected chi connectivity index (χ0v) is 13.8. The number of nitrogens with one attached hydrogen (secondary N) is 1. The molecule has 1 aliphatic carbocycles. The largest absolute Gasteiger partial charge is 0.340 e. The Morgan fingerprint density at radius 2 is 1.90 bits per heavy atom.